The van der Waals surface area contributed by atoms with Crippen LogP contribution in [-0.4, -0.2) is 36.0 Å². The number of methoxy groups -OCH3 is 1. The van der Waals surface area contributed by atoms with Crippen LogP contribution >= 0.6 is 0 Å². The molecule has 0 spiro atoms. The van der Waals surface area contributed by atoms with E-state index >= 15 is 0 Å². The number of amides is 1. The number of nitrogens with two attached hydrogens (primary N) is 1. The second-order valence-corrected chi connectivity index (χ2v) is 3.75. The van der Waals surface area contributed by atoms with Gasteiger partial charge in [0.25, 0.3) is 0 Å². The van der Waals surface area contributed by atoms with Gasteiger partial charge in [-0.25, -0.2) is 4.79 Å². The summed E-state index contributed by atoms with van der Waals surface area (Å²) in [5.74, 6) is 0. The van der Waals surface area contributed by atoms with Gasteiger partial charge in [-0.2, -0.15) is 0 Å². The Kier molecular flexibility index (Phi) is 5.45. The lowest BCUT2D eigenvalue weighted by Gasteiger charge is -2.20. The van der Waals surface area contributed by atoms with Crippen LogP contribution in [0.5, 0.6) is 0 Å². The van der Waals surface area contributed by atoms with E-state index in [1.807, 2.05) is 30.3 Å². The van der Waals surface area contributed by atoms with Crippen molar-refractivity contribution >= 4 is 6.09 Å². The fourth-order valence-electron chi connectivity index (χ4n) is 1.45. The number of hydrogen-bond acceptors (Lipinski definition) is 3. The molecule has 0 radical (unpaired) electrons. The second-order valence-electron chi connectivity index (χ2n) is 3.75. The molecule has 0 saturated heterocycles. The number of hydrogen-bond donors (Lipinski definition) is 2. The van der Waals surface area contributed by atoms with Gasteiger partial charge < -0.3 is 20.5 Å². The molecule has 1 atom stereocenters. The number of carbonyl (C=O) groups is 1. The lowest BCUT2D eigenvalue weighted by Crippen LogP contribution is -2.34. The third kappa shape index (κ3) is 4.84. The van der Waals surface area contributed by atoms with Gasteiger partial charge in [0.05, 0.1) is 0 Å². The van der Waals surface area contributed by atoms with E-state index in [0.29, 0.717) is 19.5 Å². The van der Waals surface area contributed by atoms with Gasteiger partial charge in [0.1, 0.15) is 6.23 Å². The summed E-state index contributed by atoms with van der Waals surface area (Å²) in [6.45, 7) is 0.728. The molecule has 0 aliphatic rings. The van der Waals surface area contributed by atoms with Crippen molar-refractivity contribution in [2.75, 3.05) is 13.7 Å². The maximum absolute atomic E-state index is 11.0. The van der Waals surface area contributed by atoms with Gasteiger partial charge in [0, 0.05) is 26.6 Å². The van der Waals surface area contributed by atoms with Gasteiger partial charge >= 0.3 is 6.09 Å². The minimum atomic E-state index is -0.947. The van der Waals surface area contributed by atoms with E-state index in [1.165, 1.54) is 12.0 Å². The first kappa shape index (κ1) is 13.5. The number of rotatable bonds is 6. The molecule has 17 heavy (non-hydrogen) atoms. The molecule has 1 aromatic rings. The molecule has 5 nitrogen and oxygen atoms in total. The van der Waals surface area contributed by atoms with E-state index in [-0.39, 0.29) is 0 Å². The fourth-order valence-corrected chi connectivity index (χ4v) is 1.45. The first-order valence-electron chi connectivity index (χ1n) is 5.43. The number of ether oxygens (including phenoxy) is 1. The van der Waals surface area contributed by atoms with Crippen LogP contribution in [0.4, 0.5) is 4.79 Å². The van der Waals surface area contributed by atoms with Crippen molar-refractivity contribution in [2.45, 2.75) is 19.2 Å². The molecule has 0 aromatic heterocycles. The van der Waals surface area contributed by atoms with Crippen LogP contribution in [0.1, 0.15) is 12.0 Å². The first-order valence-corrected chi connectivity index (χ1v) is 5.43. The van der Waals surface area contributed by atoms with E-state index in [2.05, 4.69) is 0 Å². The summed E-state index contributed by atoms with van der Waals surface area (Å²) in [6.07, 6.45) is -0.889. The third-order valence-electron chi connectivity index (χ3n) is 2.47. The van der Waals surface area contributed by atoms with E-state index in [0.717, 1.165) is 5.56 Å². The van der Waals surface area contributed by atoms with Gasteiger partial charge in [-0.15, -0.1) is 0 Å². The van der Waals surface area contributed by atoms with Crippen molar-refractivity contribution < 1.29 is 14.6 Å². The Bertz CT molecular complexity index is 343. The van der Waals surface area contributed by atoms with Crippen molar-refractivity contribution in [3.63, 3.8) is 0 Å². The number of nitrogens with zero attached hydrogens (tertiary/aromatic N) is 1. The summed E-state index contributed by atoms with van der Waals surface area (Å²) < 4.78 is 4.89. The largest absolute Gasteiger partial charge is 0.465 e. The highest BCUT2D eigenvalue weighted by Crippen LogP contribution is 2.06. The Labute approximate surface area is 101 Å². The highest BCUT2D eigenvalue weighted by Gasteiger charge is 2.13. The summed E-state index contributed by atoms with van der Waals surface area (Å²) in [6, 6.07) is 9.46. The van der Waals surface area contributed by atoms with Gasteiger partial charge in [-0.3, -0.25) is 0 Å². The Balaban J connectivity index is 2.52. The van der Waals surface area contributed by atoms with Crippen molar-refractivity contribution in [2.24, 2.45) is 5.73 Å². The van der Waals surface area contributed by atoms with Crippen LogP contribution < -0.4 is 5.73 Å². The first-order chi connectivity index (χ1) is 8.13. The molecule has 0 heterocycles. The van der Waals surface area contributed by atoms with E-state index in [4.69, 9.17) is 15.6 Å². The minimum Gasteiger partial charge on any atom is -0.465 e. The molecule has 0 aliphatic carbocycles. The fraction of sp³-hybridized carbons (Fsp3) is 0.417. The molecule has 0 fully saturated rings. The maximum Gasteiger partial charge on any atom is 0.407 e. The Hall–Kier alpha value is -1.59. The van der Waals surface area contributed by atoms with Crippen molar-refractivity contribution in [3.05, 3.63) is 35.9 Å². The van der Waals surface area contributed by atoms with E-state index < -0.39 is 12.3 Å². The second kappa shape index (κ2) is 6.88. The van der Waals surface area contributed by atoms with Gasteiger partial charge in [-0.05, 0) is 5.56 Å². The molecule has 0 aliphatic heterocycles. The molecular formula is C12H18N2O3. The van der Waals surface area contributed by atoms with Crippen LogP contribution in [0.15, 0.2) is 30.3 Å². The maximum atomic E-state index is 11.0. The lowest BCUT2D eigenvalue weighted by molar-refractivity contribution is 0.0842. The Morgan fingerprint density at radius 2 is 2.12 bits per heavy atom. The summed E-state index contributed by atoms with van der Waals surface area (Å²) >= 11 is 0. The minimum absolute atomic E-state index is 0.360. The molecule has 0 saturated carbocycles. The molecule has 5 heteroatoms. The summed E-state index contributed by atoms with van der Waals surface area (Å²) in [5.41, 5.74) is 6.53. The van der Waals surface area contributed by atoms with Crippen LogP contribution in [0.3, 0.4) is 0 Å². The predicted octanol–water partition coefficient (Wildman–Crippen LogP) is 1.49. The smallest absolute Gasteiger partial charge is 0.407 e. The highest BCUT2D eigenvalue weighted by molar-refractivity contribution is 5.64. The quantitative estimate of drug-likeness (QED) is 0.736. The van der Waals surface area contributed by atoms with Crippen molar-refractivity contribution in [1.82, 2.24) is 4.90 Å². The van der Waals surface area contributed by atoms with E-state index in [9.17, 15) is 4.79 Å². The normalized spacial score (nSPS) is 12.1. The van der Waals surface area contributed by atoms with E-state index in [1.54, 1.807) is 0 Å². The molecular weight excluding hydrogens is 220 g/mol. The van der Waals surface area contributed by atoms with Crippen molar-refractivity contribution in [1.29, 1.82) is 0 Å². The molecule has 94 valence electrons. The average Bonchev–Trinajstić information content (AvgIpc) is 2.34. The highest BCUT2D eigenvalue weighted by atomic mass is 16.5. The van der Waals surface area contributed by atoms with Crippen LogP contribution in [-0.2, 0) is 11.3 Å². The predicted molar refractivity (Wildman–Crippen MR) is 64.5 cm³/mol. The van der Waals surface area contributed by atoms with Gasteiger partial charge in [0.15, 0.2) is 0 Å². The molecule has 1 amide bonds. The average molecular weight is 238 g/mol. The van der Waals surface area contributed by atoms with Crippen LogP contribution in [0.2, 0.25) is 0 Å². The number of benzene rings is 1. The molecule has 3 N–H and O–H groups in total. The standard InChI is InChI=1S/C12H18N2O3/c1-17-11(13)7-8-14(12(15)16)9-10-5-3-2-4-6-10/h2-6,11H,7-9,13H2,1H3,(H,15,16). The summed E-state index contributed by atoms with van der Waals surface area (Å²) in [7, 11) is 1.51. The zero-order valence-electron chi connectivity index (χ0n) is 9.87. The SMILES string of the molecule is COC(N)CCN(Cc1ccccc1)C(=O)O. The number of carboxylic acid groups (broad SMARTS) is 1. The molecule has 0 bridgehead atoms. The third-order valence-corrected chi connectivity index (χ3v) is 2.47. The molecule has 1 rings (SSSR count). The van der Waals surface area contributed by atoms with Gasteiger partial charge in [0.2, 0.25) is 0 Å². The monoisotopic (exact) mass is 238 g/mol. The topological polar surface area (TPSA) is 75.8 Å². The zero-order chi connectivity index (χ0) is 12.7. The lowest BCUT2D eigenvalue weighted by atomic mass is 10.2. The van der Waals surface area contributed by atoms with Gasteiger partial charge in [-0.1, -0.05) is 30.3 Å². The Morgan fingerprint density at radius 1 is 1.47 bits per heavy atom. The van der Waals surface area contributed by atoms with Crippen LogP contribution in [0, 0.1) is 0 Å². The Morgan fingerprint density at radius 3 is 2.65 bits per heavy atom. The van der Waals surface area contributed by atoms with Crippen molar-refractivity contribution in [3.8, 4) is 0 Å². The molecule has 1 unspecified atom stereocenters. The summed E-state index contributed by atoms with van der Waals surface area (Å²) in [4.78, 5) is 12.4. The van der Waals surface area contributed by atoms with Crippen LogP contribution in [0.25, 0.3) is 0 Å². The molecule has 1 aromatic carbocycles. The summed E-state index contributed by atoms with van der Waals surface area (Å²) in [5, 5.41) is 9.06. The zero-order valence-corrected chi connectivity index (χ0v) is 9.87.